The van der Waals surface area contributed by atoms with Gasteiger partial charge in [0.1, 0.15) is 5.82 Å². The molecule has 0 aliphatic rings. The topological polar surface area (TPSA) is 80.4 Å². The predicted molar refractivity (Wildman–Crippen MR) is 55.6 cm³/mol. The monoisotopic (exact) mass is 225 g/mol. The van der Waals surface area contributed by atoms with Gasteiger partial charge in [-0.25, -0.2) is 4.39 Å². The highest BCUT2D eigenvalue weighted by atomic mass is 19.1. The van der Waals surface area contributed by atoms with Gasteiger partial charge in [-0.3, -0.25) is 9.59 Å². The average molecular weight is 225 g/mol. The maximum absolute atomic E-state index is 12.6. The van der Waals surface area contributed by atoms with Gasteiger partial charge >= 0.3 is 5.97 Å². The molecule has 0 aliphatic carbocycles. The third-order valence-corrected chi connectivity index (χ3v) is 2.13. The highest BCUT2D eigenvalue weighted by Gasteiger charge is 2.16. The lowest BCUT2D eigenvalue weighted by molar-refractivity contribution is -0.137. The quantitative estimate of drug-likeness (QED) is 0.738. The first kappa shape index (κ1) is 12.3. The highest BCUT2D eigenvalue weighted by molar-refractivity contribution is 6.00. The van der Waals surface area contributed by atoms with Crippen molar-refractivity contribution in [1.29, 1.82) is 0 Å². The fraction of sp³-hybridized carbons (Fsp3) is 0.273. The summed E-state index contributed by atoms with van der Waals surface area (Å²) >= 11 is 0. The molecule has 0 saturated carbocycles. The molecule has 1 aromatic carbocycles. The number of aliphatic carboxylic acids is 1. The molecule has 16 heavy (non-hydrogen) atoms. The van der Waals surface area contributed by atoms with Gasteiger partial charge in [0.05, 0.1) is 6.04 Å². The number of carboxylic acids is 1. The zero-order valence-corrected chi connectivity index (χ0v) is 8.52. The van der Waals surface area contributed by atoms with Crippen LogP contribution >= 0.6 is 0 Å². The van der Waals surface area contributed by atoms with Gasteiger partial charge in [-0.1, -0.05) is 0 Å². The van der Waals surface area contributed by atoms with E-state index >= 15 is 0 Å². The van der Waals surface area contributed by atoms with E-state index in [1.54, 1.807) is 0 Å². The second kappa shape index (κ2) is 5.37. The molecular formula is C11H12FNO3. The maximum atomic E-state index is 12.6. The van der Waals surface area contributed by atoms with Crippen molar-refractivity contribution in [2.24, 2.45) is 5.73 Å². The van der Waals surface area contributed by atoms with E-state index in [4.69, 9.17) is 10.8 Å². The van der Waals surface area contributed by atoms with Crippen molar-refractivity contribution in [2.75, 3.05) is 0 Å². The number of hydrogen-bond acceptors (Lipinski definition) is 3. The number of ketones is 1. The highest BCUT2D eigenvalue weighted by Crippen LogP contribution is 2.08. The molecule has 4 nitrogen and oxygen atoms in total. The Labute approximate surface area is 91.9 Å². The summed E-state index contributed by atoms with van der Waals surface area (Å²) < 4.78 is 12.6. The van der Waals surface area contributed by atoms with Crippen molar-refractivity contribution in [2.45, 2.75) is 18.9 Å². The minimum absolute atomic E-state index is 0.0749. The van der Waals surface area contributed by atoms with E-state index in [9.17, 15) is 14.0 Å². The van der Waals surface area contributed by atoms with E-state index in [0.717, 1.165) is 12.1 Å². The molecule has 0 heterocycles. The smallest absolute Gasteiger partial charge is 0.303 e. The molecule has 0 aromatic heterocycles. The first-order chi connectivity index (χ1) is 7.50. The Bertz CT molecular complexity index is 389. The fourth-order valence-corrected chi connectivity index (χ4v) is 1.24. The van der Waals surface area contributed by atoms with Gasteiger partial charge in [0, 0.05) is 12.0 Å². The summed E-state index contributed by atoms with van der Waals surface area (Å²) in [5.41, 5.74) is 5.82. The summed E-state index contributed by atoms with van der Waals surface area (Å²) in [6.07, 6.45) is -0.0837. The van der Waals surface area contributed by atoms with Crippen LogP contribution in [0.3, 0.4) is 0 Å². The van der Waals surface area contributed by atoms with E-state index in [2.05, 4.69) is 0 Å². The second-order valence-electron chi connectivity index (χ2n) is 3.41. The minimum atomic E-state index is -0.998. The Kier molecular flexibility index (Phi) is 4.13. The van der Waals surface area contributed by atoms with Crippen LogP contribution in [0.25, 0.3) is 0 Å². The van der Waals surface area contributed by atoms with Gasteiger partial charge in [0.2, 0.25) is 0 Å². The summed E-state index contributed by atoms with van der Waals surface area (Å²) in [5.74, 6) is -1.81. The number of nitrogens with two attached hydrogens (primary N) is 1. The third-order valence-electron chi connectivity index (χ3n) is 2.13. The summed E-state index contributed by atoms with van der Waals surface area (Å²) in [6, 6.07) is 4.13. The maximum Gasteiger partial charge on any atom is 0.303 e. The Morgan fingerprint density at radius 2 is 1.88 bits per heavy atom. The van der Waals surface area contributed by atoms with Crippen molar-refractivity contribution in [3.05, 3.63) is 35.6 Å². The molecule has 0 bridgehead atoms. The van der Waals surface area contributed by atoms with Crippen LogP contribution in [-0.4, -0.2) is 22.9 Å². The Morgan fingerprint density at radius 3 is 2.38 bits per heavy atom. The van der Waals surface area contributed by atoms with Crippen LogP contribution in [0.4, 0.5) is 4.39 Å². The lowest BCUT2D eigenvalue weighted by Gasteiger charge is -2.08. The van der Waals surface area contributed by atoms with Gasteiger partial charge in [-0.15, -0.1) is 0 Å². The van der Waals surface area contributed by atoms with Crippen molar-refractivity contribution >= 4 is 11.8 Å². The molecule has 86 valence electrons. The SMILES string of the molecule is NC(CCC(=O)O)C(=O)c1ccc(F)cc1. The van der Waals surface area contributed by atoms with Crippen molar-refractivity contribution < 1.29 is 19.1 Å². The number of Topliss-reactive ketones (excluding diaryl/α,β-unsaturated/α-hetero) is 1. The lowest BCUT2D eigenvalue weighted by atomic mass is 10.0. The summed E-state index contributed by atoms with van der Waals surface area (Å²) in [6.45, 7) is 0. The molecule has 0 aliphatic heterocycles. The van der Waals surface area contributed by atoms with Crippen LogP contribution in [0.15, 0.2) is 24.3 Å². The van der Waals surface area contributed by atoms with Crippen LogP contribution in [0, 0.1) is 5.82 Å². The molecule has 0 saturated heterocycles. The van der Waals surface area contributed by atoms with Crippen LogP contribution in [0.2, 0.25) is 0 Å². The van der Waals surface area contributed by atoms with Gasteiger partial charge in [0.25, 0.3) is 0 Å². The van der Waals surface area contributed by atoms with Crippen LogP contribution < -0.4 is 5.73 Å². The number of halogens is 1. The average Bonchev–Trinajstić information content (AvgIpc) is 2.26. The molecule has 1 atom stereocenters. The molecule has 0 spiro atoms. The third kappa shape index (κ3) is 3.43. The second-order valence-corrected chi connectivity index (χ2v) is 3.41. The van der Waals surface area contributed by atoms with Gasteiger partial charge in [0.15, 0.2) is 5.78 Å². The largest absolute Gasteiger partial charge is 0.481 e. The minimum Gasteiger partial charge on any atom is -0.481 e. The Balaban J connectivity index is 2.63. The number of benzene rings is 1. The van der Waals surface area contributed by atoms with E-state index in [0.29, 0.717) is 5.56 Å². The zero-order chi connectivity index (χ0) is 12.1. The normalized spacial score (nSPS) is 12.1. The molecule has 0 fully saturated rings. The van der Waals surface area contributed by atoms with Gasteiger partial charge < -0.3 is 10.8 Å². The van der Waals surface area contributed by atoms with Crippen LogP contribution in [0.1, 0.15) is 23.2 Å². The molecule has 1 unspecified atom stereocenters. The fourth-order valence-electron chi connectivity index (χ4n) is 1.24. The first-order valence-electron chi connectivity index (χ1n) is 4.78. The molecule has 3 N–H and O–H groups in total. The van der Waals surface area contributed by atoms with E-state index in [1.807, 2.05) is 0 Å². The van der Waals surface area contributed by atoms with Crippen molar-refractivity contribution in [3.8, 4) is 0 Å². The predicted octanol–water partition coefficient (Wildman–Crippen LogP) is 1.20. The van der Waals surface area contributed by atoms with E-state index in [1.165, 1.54) is 12.1 Å². The number of carbonyl (C=O) groups excluding carboxylic acids is 1. The molecule has 0 amide bonds. The van der Waals surface area contributed by atoms with Crippen molar-refractivity contribution in [1.82, 2.24) is 0 Å². The number of carboxylic acid groups (broad SMARTS) is 1. The molecular weight excluding hydrogens is 213 g/mol. The Hall–Kier alpha value is -1.75. The summed E-state index contributed by atoms with van der Waals surface area (Å²) in [7, 11) is 0. The molecule has 0 radical (unpaired) electrons. The standard InChI is InChI=1S/C11H12FNO3/c12-8-3-1-7(2-4-8)11(16)9(13)5-6-10(14)15/h1-4,9H,5-6,13H2,(H,14,15). The lowest BCUT2D eigenvalue weighted by Crippen LogP contribution is -2.31. The van der Waals surface area contributed by atoms with Crippen LogP contribution in [0.5, 0.6) is 0 Å². The molecule has 1 rings (SSSR count). The van der Waals surface area contributed by atoms with Crippen molar-refractivity contribution in [3.63, 3.8) is 0 Å². The Morgan fingerprint density at radius 1 is 1.31 bits per heavy atom. The number of hydrogen-bond donors (Lipinski definition) is 2. The summed E-state index contributed by atoms with van der Waals surface area (Å²) in [4.78, 5) is 21.9. The molecule has 1 aromatic rings. The van der Waals surface area contributed by atoms with Gasteiger partial charge in [-0.05, 0) is 30.7 Å². The van der Waals surface area contributed by atoms with Gasteiger partial charge in [-0.2, -0.15) is 0 Å². The van der Waals surface area contributed by atoms with E-state index in [-0.39, 0.29) is 18.6 Å². The first-order valence-corrected chi connectivity index (χ1v) is 4.78. The summed E-state index contributed by atoms with van der Waals surface area (Å²) in [5, 5.41) is 8.43. The van der Waals surface area contributed by atoms with E-state index < -0.39 is 17.8 Å². The number of rotatable bonds is 5. The number of carbonyl (C=O) groups is 2. The van der Waals surface area contributed by atoms with Crippen LogP contribution in [-0.2, 0) is 4.79 Å². The molecule has 5 heteroatoms. The zero-order valence-electron chi connectivity index (χ0n) is 8.52.